The molecule has 0 bridgehead atoms. The third-order valence-corrected chi connectivity index (χ3v) is 6.05. The van der Waals surface area contributed by atoms with E-state index < -0.39 is 11.9 Å². The van der Waals surface area contributed by atoms with E-state index in [-0.39, 0.29) is 24.3 Å². The Bertz CT molecular complexity index is 1090. The minimum absolute atomic E-state index is 0.0604. The second kappa shape index (κ2) is 8.39. The Morgan fingerprint density at radius 2 is 1.94 bits per heavy atom. The number of aromatic amines is 1. The van der Waals surface area contributed by atoms with Crippen LogP contribution in [-0.2, 0) is 16.0 Å². The number of rotatable bonds is 6. The molecule has 0 unspecified atom stereocenters. The number of carboxylic acid groups (broad SMARTS) is 2. The summed E-state index contributed by atoms with van der Waals surface area (Å²) in [5, 5.41) is 25.0. The topological polar surface area (TPSA) is 132 Å². The minimum Gasteiger partial charge on any atom is -0.481 e. The van der Waals surface area contributed by atoms with E-state index in [4.69, 9.17) is 5.11 Å². The predicted octanol–water partition coefficient (Wildman–Crippen LogP) is 3.00. The van der Waals surface area contributed by atoms with Crippen molar-refractivity contribution in [2.45, 2.75) is 38.5 Å². The van der Waals surface area contributed by atoms with E-state index in [0.717, 1.165) is 42.7 Å². The van der Waals surface area contributed by atoms with E-state index in [2.05, 4.69) is 21.7 Å². The van der Waals surface area contributed by atoms with Gasteiger partial charge in [0.05, 0.1) is 11.1 Å². The van der Waals surface area contributed by atoms with Crippen LogP contribution in [-0.4, -0.2) is 46.1 Å². The summed E-state index contributed by atoms with van der Waals surface area (Å²) in [7, 11) is 0. The number of carboxylic acids is 2. The standard InChI is InChI=1S/C23H25N3O5/c1-12-20(23(30)31)15(5-6-19(27)28)18(25-12)11-16-21-14(13-7-9-24-10-8-13)3-2-4-17(21)26-22(16)29/h2-4,11,13,24-25H,5-10H2,1H3,(H,26,29)(H,27,28)(H,30,31). The van der Waals surface area contributed by atoms with Gasteiger partial charge in [-0.15, -0.1) is 0 Å². The van der Waals surface area contributed by atoms with E-state index in [1.165, 1.54) is 0 Å². The van der Waals surface area contributed by atoms with Gasteiger partial charge in [-0.05, 0) is 68.5 Å². The van der Waals surface area contributed by atoms with Crippen LogP contribution in [0.15, 0.2) is 18.2 Å². The summed E-state index contributed by atoms with van der Waals surface area (Å²) in [6.07, 6.45) is 3.49. The number of anilines is 1. The van der Waals surface area contributed by atoms with Crippen LogP contribution in [0, 0.1) is 6.92 Å². The maximum absolute atomic E-state index is 12.9. The van der Waals surface area contributed by atoms with Crippen molar-refractivity contribution in [3.63, 3.8) is 0 Å². The number of aryl methyl sites for hydroxylation is 1. The normalized spacial score (nSPS) is 17.6. The van der Waals surface area contributed by atoms with Gasteiger partial charge in [-0.2, -0.15) is 0 Å². The zero-order chi connectivity index (χ0) is 22.1. The third-order valence-electron chi connectivity index (χ3n) is 6.05. The van der Waals surface area contributed by atoms with Gasteiger partial charge < -0.3 is 25.8 Å². The number of carbonyl (C=O) groups is 3. The molecule has 31 heavy (non-hydrogen) atoms. The van der Waals surface area contributed by atoms with Gasteiger partial charge in [-0.3, -0.25) is 9.59 Å². The summed E-state index contributed by atoms with van der Waals surface area (Å²) < 4.78 is 0. The Kier molecular flexibility index (Phi) is 5.65. The van der Waals surface area contributed by atoms with Crippen LogP contribution in [0.2, 0.25) is 0 Å². The molecule has 0 saturated carbocycles. The molecule has 162 valence electrons. The van der Waals surface area contributed by atoms with E-state index >= 15 is 0 Å². The van der Waals surface area contributed by atoms with Gasteiger partial charge in [0.15, 0.2) is 0 Å². The van der Waals surface area contributed by atoms with E-state index in [1.54, 1.807) is 13.0 Å². The van der Waals surface area contributed by atoms with E-state index in [1.807, 2.05) is 12.1 Å². The zero-order valence-corrected chi connectivity index (χ0v) is 17.2. The fourth-order valence-electron chi connectivity index (χ4n) is 4.64. The highest BCUT2D eigenvalue weighted by atomic mass is 16.4. The van der Waals surface area contributed by atoms with Crippen molar-refractivity contribution < 1.29 is 24.6 Å². The fourth-order valence-corrected chi connectivity index (χ4v) is 4.64. The van der Waals surface area contributed by atoms with Crippen LogP contribution in [0.1, 0.15) is 63.6 Å². The number of benzene rings is 1. The molecule has 2 aromatic rings. The van der Waals surface area contributed by atoms with Crippen LogP contribution in [0.25, 0.3) is 11.6 Å². The largest absolute Gasteiger partial charge is 0.481 e. The average Bonchev–Trinajstić information content (AvgIpc) is 3.23. The Morgan fingerprint density at radius 1 is 1.19 bits per heavy atom. The zero-order valence-electron chi connectivity index (χ0n) is 17.2. The molecule has 1 saturated heterocycles. The summed E-state index contributed by atoms with van der Waals surface area (Å²) in [5.74, 6) is -2.04. The molecular weight excluding hydrogens is 398 g/mol. The summed E-state index contributed by atoms with van der Waals surface area (Å²) in [4.78, 5) is 38.8. The number of aliphatic carboxylic acids is 1. The number of carbonyl (C=O) groups excluding carboxylic acids is 1. The molecule has 1 amide bonds. The molecule has 0 spiro atoms. The van der Waals surface area contributed by atoms with Crippen LogP contribution in [0.3, 0.4) is 0 Å². The number of hydrogen-bond donors (Lipinski definition) is 5. The number of amides is 1. The SMILES string of the molecule is Cc1[nH]c(C=C2C(=O)Nc3cccc(C4CCNCC4)c32)c(CCC(=O)O)c1C(=O)O. The lowest BCUT2D eigenvalue weighted by molar-refractivity contribution is -0.137. The van der Waals surface area contributed by atoms with Gasteiger partial charge in [0.1, 0.15) is 0 Å². The molecule has 4 rings (SSSR count). The molecule has 2 aliphatic heterocycles. The number of piperidine rings is 1. The molecule has 0 atom stereocenters. The van der Waals surface area contributed by atoms with E-state index in [0.29, 0.717) is 28.4 Å². The Labute approximate surface area is 179 Å². The number of hydrogen-bond acceptors (Lipinski definition) is 4. The first kappa shape index (κ1) is 20.9. The van der Waals surface area contributed by atoms with E-state index in [9.17, 15) is 19.5 Å². The van der Waals surface area contributed by atoms with Crippen molar-refractivity contribution in [2.75, 3.05) is 18.4 Å². The van der Waals surface area contributed by atoms with Crippen molar-refractivity contribution in [1.82, 2.24) is 10.3 Å². The maximum Gasteiger partial charge on any atom is 0.337 e. The molecule has 2 aliphatic rings. The van der Waals surface area contributed by atoms with Crippen LogP contribution in [0.4, 0.5) is 5.69 Å². The molecule has 1 aromatic carbocycles. The molecule has 5 N–H and O–H groups in total. The maximum atomic E-state index is 12.9. The Morgan fingerprint density at radius 3 is 2.61 bits per heavy atom. The number of aromatic nitrogens is 1. The average molecular weight is 423 g/mol. The highest BCUT2D eigenvalue weighted by molar-refractivity contribution is 6.35. The lowest BCUT2D eigenvalue weighted by atomic mass is 9.85. The summed E-state index contributed by atoms with van der Waals surface area (Å²) in [6.45, 7) is 3.48. The summed E-state index contributed by atoms with van der Waals surface area (Å²) >= 11 is 0. The second-order valence-corrected chi connectivity index (χ2v) is 8.02. The molecule has 0 radical (unpaired) electrons. The lowest BCUT2D eigenvalue weighted by Gasteiger charge is -2.25. The fraction of sp³-hybridized carbons (Fsp3) is 0.348. The van der Waals surface area contributed by atoms with Crippen LogP contribution < -0.4 is 10.6 Å². The Balaban J connectivity index is 1.82. The minimum atomic E-state index is -1.12. The lowest BCUT2D eigenvalue weighted by Crippen LogP contribution is -2.27. The smallest absolute Gasteiger partial charge is 0.337 e. The van der Waals surface area contributed by atoms with Crippen molar-refractivity contribution >= 4 is 35.2 Å². The van der Waals surface area contributed by atoms with Crippen molar-refractivity contribution in [3.8, 4) is 0 Å². The molecule has 0 aliphatic carbocycles. The monoisotopic (exact) mass is 423 g/mol. The molecule has 8 heteroatoms. The predicted molar refractivity (Wildman–Crippen MR) is 116 cm³/mol. The summed E-state index contributed by atoms with van der Waals surface area (Å²) in [5.41, 5.74) is 4.56. The molecular formula is C23H25N3O5. The highest BCUT2D eigenvalue weighted by Crippen LogP contribution is 2.41. The van der Waals surface area contributed by atoms with Crippen LogP contribution in [0.5, 0.6) is 0 Å². The highest BCUT2D eigenvalue weighted by Gasteiger charge is 2.31. The number of aromatic carboxylic acids is 1. The van der Waals surface area contributed by atoms with Crippen molar-refractivity contribution in [1.29, 1.82) is 0 Å². The summed E-state index contributed by atoms with van der Waals surface area (Å²) in [6, 6.07) is 5.86. The molecule has 1 fully saturated rings. The Hall–Kier alpha value is -3.39. The van der Waals surface area contributed by atoms with Gasteiger partial charge in [0.25, 0.3) is 5.91 Å². The molecule has 8 nitrogen and oxygen atoms in total. The van der Waals surface area contributed by atoms with Crippen LogP contribution >= 0.6 is 0 Å². The van der Waals surface area contributed by atoms with Gasteiger partial charge in [0.2, 0.25) is 0 Å². The van der Waals surface area contributed by atoms with Crippen molar-refractivity contribution in [3.05, 3.63) is 51.8 Å². The number of H-pyrrole nitrogens is 1. The molecule has 1 aromatic heterocycles. The van der Waals surface area contributed by atoms with Gasteiger partial charge in [-0.1, -0.05) is 12.1 Å². The first-order valence-corrected chi connectivity index (χ1v) is 10.4. The number of fused-ring (bicyclic) bond motifs is 1. The van der Waals surface area contributed by atoms with Gasteiger partial charge in [-0.25, -0.2) is 4.79 Å². The first-order valence-electron chi connectivity index (χ1n) is 10.4. The third kappa shape index (κ3) is 3.98. The van der Waals surface area contributed by atoms with Crippen molar-refractivity contribution in [2.24, 2.45) is 0 Å². The molecule has 3 heterocycles. The second-order valence-electron chi connectivity index (χ2n) is 8.02. The van der Waals surface area contributed by atoms with Gasteiger partial charge in [0, 0.05) is 29.1 Å². The quantitative estimate of drug-likeness (QED) is 0.454. The van der Waals surface area contributed by atoms with Gasteiger partial charge >= 0.3 is 11.9 Å². The first-order chi connectivity index (χ1) is 14.9. The number of nitrogens with one attached hydrogen (secondary N) is 3.